The second-order valence-corrected chi connectivity index (χ2v) is 3.98. The summed E-state index contributed by atoms with van der Waals surface area (Å²) >= 11 is 0. The van der Waals surface area contributed by atoms with Crippen LogP contribution in [0, 0.1) is 0 Å². The fraction of sp³-hybridized carbons (Fsp3) is 0.308. The molecule has 1 atom stereocenters. The van der Waals surface area contributed by atoms with E-state index in [-0.39, 0.29) is 0 Å². The summed E-state index contributed by atoms with van der Waals surface area (Å²) in [6.07, 6.45) is 2.03. The van der Waals surface area contributed by atoms with Gasteiger partial charge < -0.3 is 9.67 Å². The molecule has 16 heavy (non-hydrogen) atoms. The SMILES string of the molecule is CCn1ccc2cc(C(C)C(=O)O)ccc21. The zero-order chi connectivity index (χ0) is 11.7. The first-order valence-electron chi connectivity index (χ1n) is 5.45. The van der Waals surface area contributed by atoms with Gasteiger partial charge in [0.05, 0.1) is 5.92 Å². The second kappa shape index (κ2) is 4.00. The Hall–Kier alpha value is -1.77. The lowest BCUT2D eigenvalue weighted by Gasteiger charge is -2.07. The smallest absolute Gasteiger partial charge is 0.310 e. The van der Waals surface area contributed by atoms with Crippen molar-refractivity contribution in [3.05, 3.63) is 36.0 Å². The average molecular weight is 217 g/mol. The van der Waals surface area contributed by atoms with Gasteiger partial charge in [0.25, 0.3) is 0 Å². The molecule has 84 valence electrons. The molecule has 0 bridgehead atoms. The Balaban J connectivity index is 2.49. The van der Waals surface area contributed by atoms with Crippen LogP contribution >= 0.6 is 0 Å². The Kier molecular flexibility index (Phi) is 2.69. The molecule has 1 aromatic heterocycles. The molecule has 2 aromatic rings. The molecule has 0 aliphatic heterocycles. The van der Waals surface area contributed by atoms with E-state index in [1.54, 1.807) is 6.92 Å². The van der Waals surface area contributed by atoms with Crippen molar-refractivity contribution < 1.29 is 9.90 Å². The van der Waals surface area contributed by atoms with Crippen molar-refractivity contribution in [2.45, 2.75) is 26.3 Å². The van der Waals surface area contributed by atoms with Crippen molar-refractivity contribution in [2.75, 3.05) is 0 Å². The standard InChI is InChI=1S/C13H15NO2/c1-3-14-7-6-11-8-10(4-5-12(11)14)9(2)13(15)16/h4-9H,3H2,1-2H3,(H,15,16). The summed E-state index contributed by atoms with van der Waals surface area (Å²) in [5, 5.41) is 10.1. The van der Waals surface area contributed by atoms with Crippen molar-refractivity contribution in [2.24, 2.45) is 0 Å². The molecule has 2 rings (SSSR count). The molecule has 3 nitrogen and oxygen atoms in total. The highest BCUT2D eigenvalue weighted by Crippen LogP contribution is 2.22. The number of hydrogen-bond acceptors (Lipinski definition) is 1. The highest BCUT2D eigenvalue weighted by Gasteiger charge is 2.14. The van der Waals surface area contributed by atoms with Gasteiger partial charge in [0.15, 0.2) is 0 Å². The van der Waals surface area contributed by atoms with Gasteiger partial charge in [0.1, 0.15) is 0 Å². The first-order valence-corrected chi connectivity index (χ1v) is 5.45. The van der Waals surface area contributed by atoms with Crippen LogP contribution in [0.5, 0.6) is 0 Å². The Morgan fingerprint density at radius 2 is 2.19 bits per heavy atom. The number of aliphatic carboxylic acids is 1. The van der Waals surface area contributed by atoms with E-state index in [9.17, 15) is 4.79 Å². The second-order valence-electron chi connectivity index (χ2n) is 3.98. The van der Waals surface area contributed by atoms with Crippen molar-refractivity contribution >= 4 is 16.9 Å². The Morgan fingerprint density at radius 1 is 1.44 bits per heavy atom. The predicted molar refractivity (Wildman–Crippen MR) is 63.7 cm³/mol. The topological polar surface area (TPSA) is 42.2 Å². The van der Waals surface area contributed by atoms with Crippen molar-refractivity contribution in [1.82, 2.24) is 4.57 Å². The molecule has 0 saturated heterocycles. The van der Waals surface area contributed by atoms with Crippen LogP contribution in [-0.2, 0) is 11.3 Å². The van der Waals surface area contributed by atoms with Crippen LogP contribution in [0.4, 0.5) is 0 Å². The molecule has 0 radical (unpaired) electrons. The number of fused-ring (bicyclic) bond motifs is 1. The van der Waals surface area contributed by atoms with Gasteiger partial charge in [0.2, 0.25) is 0 Å². The van der Waals surface area contributed by atoms with Crippen LogP contribution in [0.25, 0.3) is 10.9 Å². The summed E-state index contributed by atoms with van der Waals surface area (Å²) in [5.41, 5.74) is 2.01. The van der Waals surface area contributed by atoms with Gasteiger partial charge in [-0.3, -0.25) is 4.79 Å². The first-order chi connectivity index (χ1) is 7.63. The highest BCUT2D eigenvalue weighted by atomic mass is 16.4. The molecular formula is C13H15NO2. The van der Waals surface area contributed by atoms with Crippen molar-refractivity contribution in [3.63, 3.8) is 0 Å². The molecule has 0 spiro atoms. The van der Waals surface area contributed by atoms with E-state index in [2.05, 4.69) is 11.5 Å². The first kappa shape index (κ1) is 10.7. The average Bonchev–Trinajstić information content (AvgIpc) is 2.69. The zero-order valence-electron chi connectivity index (χ0n) is 9.47. The molecule has 1 heterocycles. The third kappa shape index (κ3) is 1.69. The predicted octanol–water partition coefficient (Wildman–Crippen LogP) is 2.85. The number of carbonyl (C=O) groups is 1. The van der Waals surface area contributed by atoms with Crippen LogP contribution in [0.2, 0.25) is 0 Å². The Morgan fingerprint density at radius 3 is 2.81 bits per heavy atom. The fourth-order valence-corrected chi connectivity index (χ4v) is 1.91. The lowest BCUT2D eigenvalue weighted by molar-refractivity contribution is -0.138. The number of carboxylic acid groups (broad SMARTS) is 1. The lowest BCUT2D eigenvalue weighted by atomic mass is 10.0. The molecule has 0 saturated carbocycles. The van der Waals surface area contributed by atoms with Crippen molar-refractivity contribution in [3.8, 4) is 0 Å². The molecule has 1 unspecified atom stereocenters. The van der Waals surface area contributed by atoms with Gasteiger partial charge in [-0.05, 0) is 43.0 Å². The van der Waals surface area contributed by atoms with Gasteiger partial charge in [-0.1, -0.05) is 6.07 Å². The van der Waals surface area contributed by atoms with Gasteiger partial charge in [-0.2, -0.15) is 0 Å². The van der Waals surface area contributed by atoms with Crippen LogP contribution in [0.3, 0.4) is 0 Å². The minimum absolute atomic E-state index is 0.450. The molecule has 0 fully saturated rings. The summed E-state index contributed by atoms with van der Waals surface area (Å²) in [7, 11) is 0. The van der Waals surface area contributed by atoms with E-state index < -0.39 is 11.9 Å². The molecular weight excluding hydrogens is 202 g/mol. The molecule has 0 aliphatic rings. The highest BCUT2D eigenvalue weighted by molar-refractivity contribution is 5.83. The van der Waals surface area contributed by atoms with E-state index in [4.69, 9.17) is 5.11 Å². The summed E-state index contributed by atoms with van der Waals surface area (Å²) in [6.45, 7) is 4.73. The number of carboxylic acids is 1. The van der Waals surface area contributed by atoms with E-state index in [0.717, 1.165) is 23.0 Å². The lowest BCUT2D eigenvalue weighted by Crippen LogP contribution is -2.07. The normalized spacial score (nSPS) is 12.9. The minimum atomic E-state index is -0.783. The summed E-state index contributed by atoms with van der Waals surface area (Å²) in [5.74, 6) is -1.23. The quantitative estimate of drug-likeness (QED) is 0.859. The summed E-state index contributed by atoms with van der Waals surface area (Å²) < 4.78 is 2.14. The van der Waals surface area contributed by atoms with E-state index >= 15 is 0 Å². The minimum Gasteiger partial charge on any atom is -0.481 e. The van der Waals surface area contributed by atoms with Crippen LogP contribution in [0.1, 0.15) is 25.3 Å². The summed E-state index contributed by atoms with van der Waals surface area (Å²) in [4.78, 5) is 10.9. The van der Waals surface area contributed by atoms with E-state index in [1.165, 1.54) is 0 Å². The van der Waals surface area contributed by atoms with Gasteiger partial charge in [-0.15, -0.1) is 0 Å². The largest absolute Gasteiger partial charge is 0.481 e. The van der Waals surface area contributed by atoms with E-state index in [0.29, 0.717) is 0 Å². The van der Waals surface area contributed by atoms with Crippen molar-refractivity contribution in [1.29, 1.82) is 0 Å². The van der Waals surface area contributed by atoms with Crippen LogP contribution in [-0.4, -0.2) is 15.6 Å². The van der Waals surface area contributed by atoms with E-state index in [1.807, 2.05) is 30.5 Å². The molecule has 0 aliphatic carbocycles. The van der Waals surface area contributed by atoms with Gasteiger partial charge in [-0.25, -0.2) is 0 Å². The third-order valence-electron chi connectivity index (χ3n) is 3.01. The Labute approximate surface area is 94.3 Å². The molecule has 0 amide bonds. The van der Waals surface area contributed by atoms with Crippen LogP contribution in [0.15, 0.2) is 30.5 Å². The van der Waals surface area contributed by atoms with Crippen LogP contribution < -0.4 is 0 Å². The molecule has 3 heteroatoms. The number of nitrogens with zero attached hydrogens (tertiary/aromatic N) is 1. The Bertz CT molecular complexity index is 528. The number of hydrogen-bond donors (Lipinski definition) is 1. The maximum Gasteiger partial charge on any atom is 0.310 e. The number of benzene rings is 1. The maximum atomic E-state index is 10.9. The van der Waals surface area contributed by atoms with Gasteiger partial charge >= 0.3 is 5.97 Å². The number of aromatic nitrogens is 1. The third-order valence-corrected chi connectivity index (χ3v) is 3.01. The zero-order valence-corrected chi connectivity index (χ0v) is 9.47. The maximum absolute atomic E-state index is 10.9. The molecule has 1 N–H and O–H groups in total. The molecule has 1 aromatic carbocycles. The number of rotatable bonds is 3. The van der Waals surface area contributed by atoms with Gasteiger partial charge in [0, 0.05) is 18.3 Å². The summed E-state index contributed by atoms with van der Waals surface area (Å²) in [6, 6.07) is 7.87. The monoisotopic (exact) mass is 217 g/mol. The number of aryl methyl sites for hydroxylation is 1. The fourth-order valence-electron chi connectivity index (χ4n) is 1.91.